The smallest absolute Gasteiger partial charge is 0.184 e. The lowest BCUT2D eigenvalue weighted by Gasteiger charge is -2.10. The van der Waals surface area contributed by atoms with Crippen LogP contribution in [0.3, 0.4) is 0 Å². The number of methoxy groups -OCH3 is 1. The van der Waals surface area contributed by atoms with Crippen molar-refractivity contribution in [1.82, 2.24) is 0 Å². The van der Waals surface area contributed by atoms with Crippen molar-refractivity contribution in [2.45, 2.75) is 6.10 Å². The summed E-state index contributed by atoms with van der Waals surface area (Å²) < 4.78 is 10.0. The number of rotatable bonds is 6. The number of nitriles is 1. The highest BCUT2D eigenvalue weighted by Crippen LogP contribution is 2.21. The lowest BCUT2D eigenvalue weighted by molar-refractivity contribution is 0.307. The molecule has 6 heteroatoms. The van der Waals surface area contributed by atoms with E-state index in [0.717, 1.165) is 20.5 Å². The molecule has 13 heavy (non-hydrogen) atoms. The van der Waals surface area contributed by atoms with Crippen molar-refractivity contribution in [1.29, 1.82) is 5.26 Å². The molecule has 0 amide bonds. The molecule has 0 heterocycles. The maximum atomic E-state index is 8.78. The van der Waals surface area contributed by atoms with Crippen molar-refractivity contribution in [3.8, 4) is 6.07 Å². The summed E-state index contributed by atoms with van der Waals surface area (Å²) in [7, 11) is 2.72. The molecule has 0 aromatic heterocycles. The van der Waals surface area contributed by atoms with Crippen LogP contribution in [-0.4, -0.2) is 25.2 Å². The van der Waals surface area contributed by atoms with Gasteiger partial charge in [0.25, 0.3) is 0 Å². The van der Waals surface area contributed by atoms with Crippen molar-refractivity contribution < 1.29 is 8.92 Å². The number of thioether (sulfide) groups is 1. The van der Waals surface area contributed by atoms with E-state index in [1.54, 1.807) is 25.1 Å². The van der Waals surface area contributed by atoms with E-state index in [2.05, 4.69) is 6.07 Å². The third-order valence-electron chi connectivity index (χ3n) is 1.17. The monoisotopic (exact) mass is 331 g/mol. The van der Waals surface area contributed by atoms with Crippen LogP contribution in [-0.2, 0) is 8.92 Å². The second kappa shape index (κ2) is 8.99. The zero-order valence-electron chi connectivity index (χ0n) is 7.32. The number of nitrogens with zero attached hydrogens (tertiary/aromatic N) is 1. The lowest BCUT2D eigenvalue weighted by atomic mass is 10.2. The molecule has 1 unspecified atom stereocenters. The number of ether oxygens (including phenoxy) is 1. The van der Waals surface area contributed by atoms with Crippen LogP contribution in [0.1, 0.15) is 0 Å². The molecule has 0 aliphatic rings. The third kappa shape index (κ3) is 5.67. The maximum absolute atomic E-state index is 8.78. The van der Waals surface area contributed by atoms with Crippen LogP contribution in [0.5, 0.6) is 0 Å². The molecular weight excluding hydrogens is 321 g/mol. The van der Waals surface area contributed by atoms with Crippen LogP contribution in [0, 0.1) is 11.3 Å². The molecule has 0 aromatic rings. The van der Waals surface area contributed by atoms with Gasteiger partial charge in [-0.1, -0.05) is 0 Å². The molecule has 0 aromatic carbocycles. The van der Waals surface area contributed by atoms with E-state index in [4.69, 9.17) is 14.2 Å². The highest BCUT2D eigenvalue weighted by molar-refractivity contribution is 14.2. The van der Waals surface area contributed by atoms with Crippen LogP contribution < -0.4 is 0 Å². The molecule has 0 aliphatic carbocycles. The molecule has 0 radical (unpaired) electrons. The van der Waals surface area contributed by atoms with Gasteiger partial charge in [0.1, 0.15) is 6.07 Å². The Morgan fingerprint density at radius 3 is 2.85 bits per heavy atom. The fourth-order valence-electron chi connectivity index (χ4n) is 0.692. The molecule has 74 valence electrons. The summed E-state index contributed by atoms with van der Waals surface area (Å²) in [4.78, 5) is 0. The molecule has 0 saturated carbocycles. The Morgan fingerprint density at radius 2 is 2.46 bits per heavy atom. The van der Waals surface area contributed by atoms with Crippen molar-refractivity contribution in [3.05, 3.63) is 11.8 Å². The normalized spacial score (nSPS) is 13.5. The van der Waals surface area contributed by atoms with Gasteiger partial charge in [-0.05, 0) is 6.26 Å². The van der Waals surface area contributed by atoms with Gasteiger partial charge in [0.15, 0.2) is 6.10 Å². The van der Waals surface area contributed by atoms with E-state index >= 15 is 0 Å². The van der Waals surface area contributed by atoms with Crippen LogP contribution in [0.4, 0.5) is 0 Å². The van der Waals surface area contributed by atoms with Crippen LogP contribution in [0.15, 0.2) is 11.8 Å². The summed E-state index contributed by atoms with van der Waals surface area (Å²) in [6.45, 7) is 0. The van der Waals surface area contributed by atoms with Gasteiger partial charge in [-0.3, -0.25) is 4.18 Å². The van der Waals surface area contributed by atoms with Gasteiger partial charge in [-0.25, -0.2) is 0 Å². The van der Waals surface area contributed by atoms with Crippen molar-refractivity contribution >= 4 is 42.2 Å². The molecule has 0 spiro atoms. The van der Waals surface area contributed by atoms with E-state index < -0.39 is 6.10 Å². The van der Waals surface area contributed by atoms with E-state index in [1.165, 1.54) is 0 Å². The fraction of sp³-hybridized carbons (Fsp3) is 0.571. The van der Waals surface area contributed by atoms with Crippen molar-refractivity contribution in [2.24, 2.45) is 0 Å². The molecule has 0 bridgehead atoms. The minimum Gasteiger partial charge on any atom is -0.504 e. The maximum Gasteiger partial charge on any atom is 0.184 e. The second-order valence-electron chi connectivity index (χ2n) is 2.03. The van der Waals surface area contributed by atoms with Gasteiger partial charge >= 0.3 is 0 Å². The van der Waals surface area contributed by atoms with E-state index in [-0.39, 0.29) is 0 Å². The van der Waals surface area contributed by atoms with E-state index in [0.29, 0.717) is 0 Å². The first-order valence-electron chi connectivity index (χ1n) is 3.34. The summed E-state index contributed by atoms with van der Waals surface area (Å²) in [5.41, 5.74) is 0.849. The summed E-state index contributed by atoms with van der Waals surface area (Å²) in [6, 6.07) is 2.06. The van der Waals surface area contributed by atoms with Crippen molar-refractivity contribution in [3.63, 3.8) is 0 Å². The van der Waals surface area contributed by atoms with Crippen LogP contribution >= 0.6 is 42.2 Å². The minimum atomic E-state index is -0.519. The molecule has 0 saturated heterocycles. The van der Waals surface area contributed by atoms with Crippen LogP contribution in [0.2, 0.25) is 0 Å². The Kier molecular flexibility index (Phi) is 9.28. The van der Waals surface area contributed by atoms with Gasteiger partial charge in [0.05, 0.1) is 22.6 Å². The summed E-state index contributed by atoms with van der Waals surface area (Å²) in [5, 5.41) is 8.78. The largest absolute Gasteiger partial charge is 0.504 e. The minimum absolute atomic E-state index is 0.519. The molecule has 0 fully saturated rings. The van der Waals surface area contributed by atoms with Crippen LogP contribution in [0.25, 0.3) is 0 Å². The molecule has 1 atom stereocenters. The lowest BCUT2D eigenvalue weighted by Crippen LogP contribution is -2.11. The number of hydrogen-bond acceptors (Lipinski definition) is 5. The third-order valence-corrected chi connectivity index (χ3v) is 2.68. The Bertz CT molecular complexity index is 205. The fourth-order valence-corrected chi connectivity index (χ4v) is 2.11. The molecule has 3 nitrogen and oxygen atoms in total. The predicted octanol–water partition coefficient (Wildman–Crippen LogP) is 2.79. The first-order chi connectivity index (χ1) is 6.29. The molecule has 0 N–H and O–H groups in total. The van der Waals surface area contributed by atoms with Gasteiger partial charge in [0, 0.05) is 32.5 Å². The van der Waals surface area contributed by atoms with E-state index in [1.807, 2.05) is 27.5 Å². The topological polar surface area (TPSA) is 42.2 Å². The molecule has 0 aliphatic heterocycles. The van der Waals surface area contributed by atoms with Gasteiger partial charge in [-0.15, -0.1) is 0 Å². The summed E-state index contributed by atoms with van der Waals surface area (Å²) in [6.07, 6.45) is 3.01. The average Bonchev–Trinajstić information content (AvgIpc) is 2.14. The highest BCUT2D eigenvalue weighted by Gasteiger charge is 2.14. The zero-order valence-corrected chi connectivity index (χ0v) is 11.1. The molecular formula is C7H10INO2S2. The quantitative estimate of drug-likeness (QED) is 0.425. The van der Waals surface area contributed by atoms with E-state index in [9.17, 15) is 0 Å². The second-order valence-corrected chi connectivity index (χ2v) is 4.29. The number of hydrogen-bond donors (Lipinski definition) is 0. The molecule has 0 rings (SSSR count). The SMILES string of the molecule is CO/C=C(/CSC)C(C#N)OSI. The average molecular weight is 331 g/mol. The van der Waals surface area contributed by atoms with Gasteiger partial charge < -0.3 is 4.74 Å². The zero-order chi connectivity index (χ0) is 10.1. The van der Waals surface area contributed by atoms with Crippen molar-refractivity contribution in [2.75, 3.05) is 19.1 Å². The first kappa shape index (κ1) is 13.4. The summed E-state index contributed by atoms with van der Waals surface area (Å²) in [5.74, 6) is 0.739. The Hall–Kier alpha value is 0.420. The first-order valence-corrected chi connectivity index (χ1v) is 8.02. The Labute approximate surface area is 99.0 Å². The Morgan fingerprint density at radius 1 is 1.77 bits per heavy atom. The Balaban J connectivity index is 4.32. The standard InChI is InChI=1S/C7H10INO2S2/c1-10-4-6(5-12-2)7(3-9)11-13-8/h4,7H,5H2,1-2H3/b6-4-. The summed E-state index contributed by atoms with van der Waals surface area (Å²) >= 11 is 3.61. The van der Waals surface area contributed by atoms with Gasteiger partial charge in [-0.2, -0.15) is 17.0 Å². The highest BCUT2D eigenvalue weighted by atomic mass is 127. The number of halogens is 1. The van der Waals surface area contributed by atoms with Gasteiger partial charge in [0.2, 0.25) is 0 Å². The predicted molar refractivity (Wildman–Crippen MR) is 65.6 cm³/mol.